The number of rotatable bonds is 3. The minimum atomic E-state index is -0.462. The van der Waals surface area contributed by atoms with Crippen LogP contribution in [0.15, 0.2) is 18.2 Å². The van der Waals surface area contributed by atoms with Crippen LogP contribution in [0.4, 0.5) is 5.69 Å². The van der Waals surface area contributed by atoms with Crippen LogP contribution in [0.25, 0.3) is 0 Å². The molecule has 0 aromatic heterocycles. The molecule has 0 aliphatic carbocycles. The molecular weight excluding hydrogens is 246 g/mol. The number of aliphatic hydroxyl groups excluding tert-OH is 1. The predicted molar refractivity (Wildman–Crippen MR) is 77.3 cm³/mol. The SMILES string of the molecule is CC(O)c1ccc(N2CCCC2C(C)C)c(Cl)c1. The molecule has 1 N–H and O–H groups in total. The Bertz CT molecular complexity index is 417. The second kappa shape index (κ2) is 5.50. The van der Waals surface area contributed by atoms with Crippen LogP contribution >= 0.6 is 11.6 Å². The van der Waals surface area contributed by atoms with Crippen molar-refractivity contribution in [1.29, 1.82) is 0 Å². The van der Waals surface area contributed by atoms with Crippen LogP contribution in [0.3, 0.4) is 0 Å². The Hall–Kier alpha value is -0.730. The standard InChI is InChI=1S/C15H22ClNO/c1-10(2)14-5-4-8-17(14)15-7-6-12(11(3)18)9-13(15)16/h6-7,9-11,14,18H,4-5,8H2,1-3H3. The number of benzene rings is 1. The second-order valence-electron chi connectivity index (χ2n) is 5.53. The third-order valence-electron chi connectivity index (χ3n) is 3.83. The van der Waals surface area contributed by atoms with Crippen molar-refractivity contribution in [2.75, 3.05) is 11.4 Å². The fourth-order valence-corrected chi connectivity index (χ4v) is 3.10. The zero-order chi connectivity index (χ0) is 13.3. The molecule has 1 saturated heterocycles. The van der Waals surface area contributed by atoms with Crippen molar-refractivity contribution in [3.63, 3.8) is 0 Å². The number of aliphatic hydroxyl groups is 1. The Morgan fingerprint density at radius 1 is 1.33 bits per heavy atom. The van der Waals surface area contributed by atoms with Gasteiger partial charge in [0.05, 0.1) is 16.8 Å². The van der Waals surface area contributed by atoms with Crippen molar-refractivity contribution in [1.82, 2.24) is 0 Å². The van der Waals surface area contributed by atoms with E-state index in [2.05, 4.69) is 18.7 Å². The van der Waals surface area contributed by atoms with E-state index in [1.165, 1.54) is 12.8 Å². The molecule has 2 atom stereocenters. The minimum Gasteiger partial charge on any atom is -0.389 e. The van der Waals surface area contributed by atoms with Gasteiger partial charge < -0.3 is 10.0 Å². The molecule has 1 fully saturated rings. The van der Waals surface area contributed by atoms with Gasteiger partial charge >= 0.3 is 0 Å². The lowest BCUT2D eigenvalue weighted by Gasteiger charge is -2.30. The Morgan fingerprint density at radius 2 is 2.06 bits per heavy atom. The third-order valence-corrected chi connectivity index (χ3v) is 4.14. The van der Waals surface area contributed by atoms with Crippen LogP contribution in [0.5, 0.6) is 0 Å². The smallest absolute Gasteiger partial charge is 0.0762 e. The summed E-state index contributed by atoms with van der Waals surface area (Å²) < 4.78 is 0. The van der Waals surface area contributed by atoms with Gasteiger partial charge in [-0.1, -0.05) is 31.5 Å². The third kappa shape index (κ3) is 2.65. The summed E-state index contributed by atoms with van der Waals surface area (Å²) in [5.41, 5.74) is 1.99. The van der Waals surface area contributed by atoms with Crippen LogP contribution < -0.4 is 4.90 Å². The normalized spacial score (nSPS) is 21.7. The first kappa shape index (κ1) is 13.7. The summed E-state index contributed by atoms with van der Waals surface area (Å²) in [5, 5.41) is 10.3. The van der Waals surface area contributed by atoms with E-state index in [9.17, 15) is 5.11 Å². The first-order valence-corrected chi connectivity index (χ1v) is 7.12. The first-order chi connectivity index (χ1) is 8.50. The molecule has 3 heteroatoms. The number of nitrogens with zero attached hydrogens (tertiary/aromatic N) is 1. The monoisotopic (exact) mass is 267 g/mol. The van der Waals surface area contributed by atoms with Gasteiger partial charge in [-0.05, 0) is 43.4 Å². The molecule has 1 aromatic rings. The molecule has 1 heterocycles. The van der Waals surface area contributed by atoms with E-state index in [1.807, 2.05) is 18.2 Å². The van der Waals surface area contributed by atoms with Crippen LogP contribution in [0, 0.1) is 5.92 Å². The fraction of sp³-hybridized carbons (Fsp3) is 0.600. The van der Waals surface area contributed by atoms with Crippen molar-refractivity contribution >= 4 is 17.3 Å². The van der Waals surface area contributed by atoms with Gasteiger partial charge in [-0.25, -0.2) is 0 Å². The largest absolute Gasteiger partial charge is 0.389 e. The number of halogens is 1. The Morgan fingerprint density at radius 3 is 2.61 bits per heavy atom. The van der Waals surface area contributed by atoms with Crippen LogP contribution in [0.1, 0.15) is 45.3 Å². The van der Waals surface area contributed by atoms with Gasteiger partial charge in [-0.15, -0.1) is 0 Å². The highest BCUT2D eigenvalue weighted by Crippen LogP contribution is 2.35. The Labute approximate surface area is 115 Å². The summed E-state index contributed by atoms with van der Waals surface area (Å²) in [4.78, 5) is 2.42. The highest BCUT2D eigenvalue weighted by Gasteiger charge is 2.28. The predicted octanol–water partition coefficient (Wildman–Crippen LogP) is 4.02. The van der Waals surface area contributed by atoms with E-state index in [1.54, 1.807) is 6.92 Å². The van der Waals surface area contributed by atoms with E-state index in [0.717, 1.165) is 22.8 Å². The van der Waals surface area contributed by atoms with Gasteiger partial charge in [0.15, 0.2) is 0 Å². The summed E-state index contributed by atoms with van der Waals surface area (Å²) in [6, 6.07) is 6.49. The van der Waals surface area contributed by atoms with Gasteiger partial charge in [-0.3, -0.25) is 0 Å². The summed E-state index contributed by atoms with van der Waals surface area (Å²) in [7, 11) is 0. The van der Waals surface area contributed by atoms with Gasteiger partial charge in [0, 0.05) is 12.6 Å². The molecule has 2 unspecified atom stereocenters. The van der Waals surface area contributed by atoms with Crippen molar-refractivity contribution in [3.8, 4) is 0 Å². The number of anilines is 1. The molecular formula is C15H22ClNO. The molecule has 0 radical (unpaired) electrons. The molecule has 0 spiro atoms. The maximum absolute atomic E-state index is 9.57. The average Bonchev–Trinajstić information content (AvgIpc) is 2.77. The van der Waals surface area contributed by atoms with Crippen molar-refractivity contribution in [3.05, 3.63) is 28.8 Å². The van der Waals surface area contributed by atoms with Crippen molar-refractivity contribution in [2.45, 2.75) is 45.8 Å². The quantitative estimate of drug-likeness (QED) is 0.894. The number of hydrogen-bond donors (Lipinski definition) is 1. The molecule has 0 saturated carbocycles. The summed E-state index contributed by atoms with van der Waals surface area (Å²) in [6.45, 7) is 7.37. The van der Waals surface area contributed by atoms with E-state index < -0.39 is 6.10 Å². The van der Waals surface area contributed by atoms with Gasteiger partial charge in [0.2, 0.25) is 0 Å². The Balaban J connectivity index is 2.28. The van der Waals surface area contributed by atoms with Crippen LogP contribution in [-0.4, -0.2) is 17.7 Å². The summed E-state index contributed by atoms with van der Waals surface area (Å²) in [5.74, 6) is 0.639. The highest BCUT2D eigenvalue weighted by atomic mass is 35.5. The lowest BCUT2D eigenvalue weighted by Crippen LogP contribution is -2.33. The molecule has 2 nitrogen and oxygen atoms in total. The molecule has 0 bridgehead atoms. The molecule has 2 rings (SSSR count). The minimum absolute atomic E-state index is 0.462. The molecule has 100 valence electrons. The maximum atomic E-state index is 9.57. The van der Waals surface area contributed by atoms with Crippen molar-refractivity contribution in [2.24, 2.45) is 5.92 Å². The van der Waals surface area contributed by atoms with Gasteiger partial charge in [0.1, 0.15) is 0 Å². The van der Waals surface area contributed by atoms with Crippen LogP contribution in [-0.2, 0) is 0 Å². The van der Waals surface area contributed by atoms with E-state index >= 15 is 0 Å². The van der Waals surface area contributed by atoms with Gasteiger partial charge in [0.25, 0.3) is 0 Å². The lowest BCUT2D eigenvalue weighted by atomic mass is 10.0. The fourth-order valence-electron chi connectivity index (χ4n) is 2.80. The van der Waals surface area contributed by atoms with Gasteiger partial charge in [-0.2, -0.15) is 0 Å². The molecule has 0 amide bonds. The highest BCUT2D eigenvalue weighted by molar-refractivity contribution is 6.33. The summed E-state index contributed by atoms with van der Waals surface area (Å²) in [6.07, 6.45) is 2.01. The zero-order valence-corrected chi connectivity index (χ0v) is 12.1. The molecule has 1 aliphatic heterocycles. The lowest BCUT2D eigenvalue weighted by molar-refractivity contribution is 0.199. The Kier molecular flexibility index (Phi) is 4.18. The first-order valence-electron chi connectivity index (χ1n) is 6.75. The molecule has 1 aliphatic rings. The topological polar surface area (TPSA) is 23.5 Å². The van der Waals surface area contributed by atoms with E-state index in [-0.39, 0.29) is 0 Å². The van der Waals surface area contributed by atoms with Crippen LogP contribution in [0.2, 0.25) is 5.02 Å². The second-order valence-corrected chi connectivity index (χ2v) is 5.94. The average molecular weight is 268 g/mol. The molecule has 18 heavy (non-hydrogen) atoms. The van der Waals surface area contributed by atoms with E-state index in [4.69, 9.17) is 11.6 Å². The number of hydrogen-bond acceptors (Lipinski definition) is 2. The maximum Gasteiger partial charge on any atom is 0.0762 e. The van der Waals surface area contributed by atoms with Crippen molar-refractivity contribution < 1.29 is 5.11 Å². The summed E-state index contributed by atoms with van der Waals surface area (Å²) >= 11 is 6.37. The van der Waals surface area contributed by atoms with E-state index in [0.29, 0.717) is 12.0 Å². The molecule has 1 aromatic carbocycles. The zero-order valence-electron chi connectivity index (χ0n) is 11.4.